The topological polar surface area (TPSA) is 122 Å². The molecule has 1 aliphatic rings. The first kappa shape index (κ1) is 22.0. The summed E-state index contributed by atoms with van der Waals surface area (Å²) in [5.74, 6) is -0.0977. The predicted molar refractivity (Wildman–Crippen MR) is 125 cm³/mol. The quantitative estimate of drug-likeness (QED) is 0.319. The van der Waals surface area contributed by atoms with E-state index < -0.39 is 14.9 Å². The van der Waals surface area contributed by atoms with Gasteiger partial charge in [-0.05, 0) is 37.3 Å². The third kappa shape index (κ3) is 4.15. The van der Waals surface area contributed by atoms with Crippen molar-refractivity contribution >= 4 is 44.4 Å². The number of aliphatic imine (C=N–C) groups is 1. The van der Waals surface area contributed by atoms with E-state index in [-0.39, 0.29) is 22.2 Å². The van der Waals surface area contributed by atoms with Crippen molar-refractivity contribution in [3.05, 3.63) is 94.0 Å². The number of amidine groups is 1. The van der Waals surface area contributed by atoms with Crippen LogP contribution in [0.2, 0.25) is 0 Å². The Morgan fingerprint density at radius 3 is 2.27 bits per heavy atom. The number of ketones is 1. The maximum absolute atomic E-state index is 13.0. The Balaban J connectivity index is 1.88. The number of nitrogens with zero attached hydrogens (tertiary/aromatic N) is 4. The molecule has 0 fully saturated rings. The third-order valence-corrected chi connectivity index (χ3v) is 6.40. The van der Waals surface area contributed by atoms with E-state index in [2.05, 4.69) is 9.39 Å². The van der Waals surface area contributed by atoms with Gasteiger partial charge in [-0.25, -0.2) is 4.99 Å². The van der Waals surface area contributed by atoms with E-state index in [1.54, 1.807) is 48.3 Å². The molecule has 1 heterocycles. The van der Waals surface area contributed by atoms with Gasteiger partial charge in [-0.3, -0.25) is 14.9 Å². The van der Waals surface area contributed by atoms with Crippen LogP contribution in [0.1, 0.15) is 22.8 Å². The number of rotatable bonds is 5. The van der Waals surface area contributed by atoms with E-state index in [0.717, 1.165) is 24.3 Å². The summed E-state index contributed by atoms with van der Waals surface area (Å²) >= 11 is 0. The van der Waals surface area contributed by atoms with E-state index >= 15 is 0 Å². The van der Waals surface area contributed by atoms with Crippen molar-refractivity contribution in [1.29, 1.82) is 0 Å². The molecule has 0 radical (unpaired) electrons. The molecule has 166 valence electrons. The molecule has 0 N–H and O–H groups in total. The molecule has 0 spiro atoms. The Labute approximate surface area is 189 Å². The van der Waals surface area contributed by atoms with Crippen LogP contribution >= 0.6 is 0 Å². The summed E-state index contributed by atoms with van der Waals surface area (Å²) in [6.07, 6.45) is 0. The Morgan fingerprint density at radius 1 is 0.970 bits per heavy atom. The van der Waals surface area contributed by atoms with Gasteiger partial charge in [-0.15, -0.1) is 4.40 Å². The van der Waals surface area contributed by atoms with Gasteiger partial charge < -0.3 is 4.90 Å². The number of non-ortho nitro benzene ring substituents is 1. The molecule has 0 bridgehead atoms. The lowest BCUT2D eigenvalue weighted by Crippen LogP contribution is -2.27. The standard InChI is InChI=1S/C23H18N4O5S/c1-15(28)18-7-3-5-9-20(18)24-22-19-8-4-6-10-21(19)26(2)23(22)25-33(31,32)17-13-11-16(12-14-17)27(29)30/h3-14H,1-2H3. The van der Waals surface area contributed by atoms with Crippen molar-refractivity contribution in [2.75, 3.05) is 11.9 Å². The van der Waals surface area contributed by atoms with Gasteiger partial charge in [-0.1, -0.05) is 30.3 Å². The fraction of sp³-hybridized carbons (Fsp3) is 0.0870. The average molecular weight is 462 g/mol. The average Bonchev–Trinajstić information content (AvgIpc) is 3.05. The van der Waals surface area contributed by atoms with Crippen LogP contribution in [0.25, 0.3) is 0 Å². The Kier molecular flexibility index (Phi) is 5.60. The monoisotopic (exact) mass is 462 g/mol. The molecule has 1 aliphatic heterocycles. The number of anilines is 1. The predicted octanol–water partition coefficient (Wildman–Crippen LogP) is 4.16. The highest BCUT2D eigenvalue weighted by molar-refractivity contribution is 7.90. The van der Waals surface area contributed by atoms with Crippen molar-refractivity contribution < 1.29 is 18.1 Å². The molecule has 3 aromatic rings. The maximum atomic E-state index is 13.0. The number of Topliss-reactive ketones (excluding diaryl/α,β-unsaturated/α-hetero) is 1. The number of hydrogen-bond acceptors (Lipinski definition) is 6. The van der Waals surface area contributed by atoms with Crippen LogP contribution in [0.3, 0.4) is 0 Å². The summed E-state index contributed by atoms with van der Waals surface area (Å²) in [5, 5.41) is 10.9. The number of sulfonamides is 1. The highest BCUT2D eigenvalue weighted by atomic mass is 32.2. The first-order valence-corrected chi connectivity index (χ1v) is 11.2. The first-order chi connectivity index (χ1) is 15.7. The molecule has 0 aromatic heterocycles. The number of para-hydroxylation sites is 2. The lowest BCUT2D eigenvalue weighted by Gasteiger charge is -2.13. The van der Waals surface area contributed by atoms with Crippen LogP contribution in [0, 0.1) is 10.1 Å². The number of carbonyl (C=O) groups is 1. The van der Waals surface area contributed by atoms with Crippen LogP contribution in [0.15, 0.2) is 87.1 Å². The zero-order valence-electron chi connectivity index (χ0n) is 17.7. The Morgan fingerprint density at radius 2 is 1.61 bits per heavy atom. The summed E-state index contributed by atoms with van der Waals surface area (Å²) in [5.41, 5.74) is 2.23. The number of likely N-dealkylation sites (N-methyl/N-ethyl adjacent to an activating group) is 1. The van der Waals surface area contributed by atoms with Crippen LogP contribution in [-0.4, -0.2) is 37.7 Å². The van der Waals surface area contributed by atoms with Crippen LogP contribution in [0.4, 0.5) is 17.1 Å². The molecular weight excluding hydrogens is 444 g/mol. The van der Waals surface area contributed by atoms with Gasteiger partial charge in [0.25, 0.3) is 15.7 Å². The second kappa shape index (κ2) is 8.40. The number of nitro benzene ring substituents is 1. The minimum Gasteiger partial charge on any atom is -0.326 e. The van der Waals surface area contributed by atoms with Crippen LogP contribution in [-0.2, 0) is 10.0 Å². The van der Waals surface area contributed by atoms with E-state index in [4.69, 9.17) is 0 Å². The highest BCUT2D eigenvalue weighted by Gasteiger charge is 2.32. The molecule has 9 nitrogen and oxygen atoms in total. The van der Waals surface area contributed by atoms with Crippen molar-refractivity contribution in [1.82, 2.24) is 0 Å². The largest absolute Gasteiger partial charge is 0.326 e. The highest BCUT2D eigenvalue weighted by Crippen LogP contribution is 2.32. The number of nitro groups is 1. The summed E-state index contributed by atoms with van der Waals surface area (Å²) < 4.78 is 30.1. The maximum Gasteiger partial charge on any atom is 0.284 e. The SMILES string of the molecule is CC(=O)c1ccccc1N=C1C(=NS(=O)(=O)c2ccc([N+](=O)[O-])cc2)N(C)c2ccccc21. The molecule has 0 saturated carbocycles. The zero-order chi connectivity index (χ0) is 23.8. The molecule has 0 aliphatic carbocycles. The summed E-state index contributed by atoms with van der Waals surface area (Å²) in [4.78, 5) is 28.4. The van der Waals surface area contributed by atoms with Gasteiger partial charge in [0.15, 0.2) is 11.6 Å². The molecule has 33 heavy (non-hydrogen) atoms. The van der Waals surface area contributed by atoms with Gasteiger partial charge in [0.2, 0.25) is 0 Å². The minimum absolute atomic E-state index is 0.0768. The van der Waals surface area contributed by atoms with E-state index in [1.165, 1.54) is 6.92 Å². The van der Waals surface area contributed by atoms with Crippen molar-refractivity contribution in [2.45, 2.75) is 11.8 Å². The number of benzene rings is 3. The minimum atomic E-state index is -4.21. The fourth-order valence-corrected chi connectivity index (χ4v) is 4.49. The van der Waals surface area contributed by atoms with Gasteiger partial charge >= 0.3 is 0 Å². The van der Waals surface area contributed by atoms with Gasteiger partial charge in [0.05, 0.1) is 21.2 Å². The Bertz CT molecular complexity index is 1440. The normalized spacial score (nSPS) is 15.6. The van der Waals surface area contributed by atoms with Crippen molar-refractivity contribution in [3.63, 3.8) is 0 Å². The molecule has 0 saturated heterocycles. The number of hydrogen-bond donors (Lipinski definition) is 0. The van der Waals surface area contributed by atoms with Gasteiger partial charge in [-0.2, -0.15) is 8.42 Å². The van der Waals surface area contributed by atoms with Crippen LogP contribution in [0.5, 0.6) is 0 Å². The number of fused-ring (bicyclic) bond motifs is 1. The molecule has 4 rings (SSSR count). The van der Waals surface area contributed by atoms with Crippen molar-refractivity contribution in [3.8, 4) is 0 Å². The Hall–Kier alpha value is -4.18. The number of carbonyl (C=O) groups excluding carboxylic acids is 1. The van der Waals surface area contributed by atoms with Gasteiger partial charge in [0.1, 0.15) is 5.71 Å². The molecule has 3 aromatic carbocycles. The summed E-state index contributed by atoms with van der Waals surface area (Å²) in [6.45, 7) is 1.43. The molecule has 10 heteroatoms. The van der Waals surface area contributed by atoms with E-state index in [0.29, 0.717) is 28.2 Å². The van der Waals surface area contributed by atoms with E-state index in [1.807, 2.05) is 12.1 Å². The van der Waals surface area contributed by atoms with Crippen LogP contribution < -0.4 is 4.90 Å². The van der Waals surface area contributed by atoms with Gasteiger partial charge in [0, 0.05) is 30.3 Å². The fourth-order valence-electron chi connectivity index (χ4n) is 3.47. The second-order valence-corrected chi connectivity index (χ2v) is 8.85. The van der Waals surface area contributed by atoms with E-state index in [9.17, 15) is 23.3 Å². The molecule has 0 amide bonds. The third-order valence-electron chi connectivity index (χ3n) is 5.12. The van der Waals surface area contributed by atoms with Crippen molar-refractivity contribution in [2.24, 2.45) is 9.39 Å². The summed E-state index contributed by atoms with van der Waals surface area (Å²) in [6, 6.07) is 18.5. The first-order valence-electron chi connectivity index (χ1n) is 9.80. The molecular formula is C23H18N4O5S. The molecule has 0 atom stereocenters. The summed E-state index contributed by atoms with van der Waals surface area (Å²) in [7, 11) is -2.54. The molecule has 0 unspecified atom stereocenters. The second-order valence-electron chi connectivity index (χ2n) is 7.25. The lowest BCUT2D eigenvalue weighted by atomic mass is 10.1. The lowest BCUT2D eigenvalue weighted by molar-refractivity contribution is -0.384. The smallest absolute Gasteiger partial charge is 0.284 e. The zero-order valence-corrected chi connectivity index (χ0v) is 18.5.